The van der Waals surface area contributed by atoms with E-state index in [1.807, 2.05) is 24.3 Å². The maximum atomic E-state index is 9.37. The fraction of sp³-hybridized carbons (Fsp3) is 0.214. The van der Waals surface area contributed by atoms with E-state index in [4.69, 9.17) is 9.47 Å². The van der Waals surface area contributed by atoms with E-state index in [-0.39, 0.29) is 0 Å². The van der Waals surface area contributed by atoms with Gasteiger partial charge < -0.3 is 14.6 Å². The molecule has 2 aromatic rings. The molecule has 0 bridgehead atoms. The van der Waals surface area contributed by atoms with Crippen LogP contribution in [0.2, 0.25) is 0 Å². The van der Waals surface area contributed by atoms with Crippen molar-refractivity contribution in [2.24, 2.45) is 0 Å². The second-order valence-corrected chi connectivity index (χ2v) is 3.88. The maximum Gasteiger partial charge on any atom is 0.219 e. The van der Waals surface area contributed by atoms with Crippen molar-refractivity contribution in [3.05, 3.63) is 48.2 Å². The highest BCUT2D eigenvalue weighted by molar-refractivity contribution is 5.33. The zero-order valence-corrected chi connectivity index (χ0v) is 10.3. The Morgan fingerprint density at radius 3 is 2.22 bits per heavy atom. The van der Waals surface area contributed by atoms with Gasteiger partial charge in [-0.3, -0.25) is 0 Å². The normalized spacial score (nSPS) is 11.9. The minimum absolute atomic E-state index is 0.490. The predicted molar refractivity (Wildman–Crippen MR) is 67.9 cm³/mol. The number of benzene rings is 1. The average Bonchev–Trinajstić information content (AvgIpc) is 2.40. The zero-order valence-electron chi connectivity index (χ0n) is 10.3. The Hall–Kier alpha value is -2.07. The summed E-state index contributed by atoms with van der Waals surface area (Å²) in [7, 11) is 1.62. The molecule has 4 nitrogen and oxygen atoms in total. The van der Waals surface area contributed by atoms with Crippen LogP contribution in [0.1, 0.15) is 18.6 Å². The van der Waals surface area contributed by atoms with Crippen LogP contribution in [0, 0.1) is 0 Å². The Labute approximate surface area is 106 Å². The first-order valence-electron chi connectivity index (χ1n) is 5.65. The van der Waals surface area contributed by atoms with Crippen LogP contribution in [-0.2, 0) is 0 Å². The van der Waals surface area contributed by atoms with Crippen molar-refractivity contribution >= 4 is 0 Å². The molecular formula is C14H15NO3. The molecule has 1 atom stereocenters. The molecule has 18 heavy (non-hydrogen) atoms. The van der Waals surface area contributed by atoms with Crippen LogP contribution in [0.4, 0.5) is 0 Å². The van der Waals surface area contributed by atoms with E-state index in [0.717, 1.165) is 11.3 Å². The lowest BCUT2D eigenvalue weighted by molar-refractivity contribution is 0.198. The molecule has 0 radical (unpaired) electrons. The van der Waals surface area contributed by atoms with Gasteiger partial charge in [0.05, 0.1) is 13.2 Å². The van der Waals surface area contributed by atoms with Gasteiger partial charge in [0.15, 0.2) is 0 Å². The molecule has 4 heteroatoms. The molecule has 1 N–H and O–H groups in total. The number of aromatic nitrogens is 1. The molecule has 1 heterocycles. The number of hydrogen-bond donors (Lipinski definition) is 1. The molecule has 0 aliphatic carbocycles. The van der Waals surface area contributed by atoms with Gasteiger partial charge in [0, 0.05) is 12.3 Å². The van der Waals surface area contributed by atoms with E-state index in [9.17, 15) is 5.11 Å². The quantitative estimate of drug-likeness (QED) is 0.899. The SMILES string of the molecule is COc1ccc(Oc2ccc(C(C)O)cn2)cc1. The Balaban J connectivity index is 2.08. The number of pyridine rings is 1. The molecule has 0 amide bonds. The van der Waals surface area contributed by atoms with Crippen LogP contribution in [0.15, 0.2) is 42.6 Å². The first-order valence-corrected chi connectivity index (χ1v) is 5.65. The van der Waals surface area contributed by atoms with Crippen molar-refractivity contribution in [2.45, 2.75) is 13.0 Å². The van der Waals surface area contributed by atoms with E-state index in [2.05, 4.69) is 4.98 Å². The van der Waals surface area contributed by atoms with Crippen molar-refractivity contribution in [2.75, 3.05) is 7.11 Å². The first kappa shape index (κ1) is 12.4. The summed E-state index contributed by atoms with van der Waals surface area (Å²) in [6, 6.07) is 10.8. The van der Waals surface area contributed by atoms with Gasteiger partial charge in [0.2, 0.25) is 5.88 Å². The van der Waals surface area contributed by atoms with Crippen molar-refractivity contribution in [1.29, 1.82) is 0 Å². The van der Waals surface area contributed by atoms with Gasteiger partial charge in [-0.1, -0.05) is 0 Å². The third kappa shape index (κ3) is 2.99. The molecule has 0 fully saturated rings. The average molecular weight is 245 g/mol. The number of aliphatic hydroxyl groups excluding tert-OH is 1. The second kappa shape index (κ2) is 5.51. The van der Waals surface area contributed by atoms with Crippen LogP contribution in [-0.4, -0.2) is 17.2 Å². The molecule has 0 aliphatic heterocycles. The highest BCUT2D eigenvalue weighted by Crippen LogP contribution is 2.23. The number of aliphatic hydroxyl groups is 1. The second-order valence-electron chi connectivity index (χ2n) is 3.88. The molecule has 94 valence electrons. The Morgan fingerprint density at radius 2 is 1.72 bits per heavy atom. The molecule has 0 saturated carbocycles. The Kier molecular flexibility index (Phi) is 3.79. The molecule has 0 saturated heterocycles. The summed E-state index contributed by atoms with van der Waals surface area (Å²) in [6.45, 7) is 1.70. The van der Waals surface area contributed by atoms with Crippen molar-refractivity contribution in [1.82, 2.24) is 4.98 Å². The summed E-state index contributed by atoms with van der Waals surface area (Å²) in [5.41, 5.74) is 0.761. The molecule has 1 aromatic carbocycles. The van der Waals surface area contributed by atoms with Gasteiger partial charge in [-0.2, -0.15) is 0 Å². The monoisotopic (exact) mass is 245 g/mol. The molecular weight excluding hydrogens is 230 g/mol. The smallest absolute Gasteiger partial charge is 0.219 e. The van der Waals surface area contributed by atoms with E-state index in [1.54, 1.807) is 32.4 Å². The summed E-state index contributed by atoms with van der Waals surface area (Å²) in [5.74, 6) is 1.96. The number of rotatable bonds is 4. The Morgan fingerprint density at radius 1 is 1.06 bits per heavy atom. The molecule has 1 aromatic heterocycles. The third-order valence-electron chi connectivity index (χ3n) is 2.52. The van der Waals surface area contributed by atoms with Gasteiger partial charge >= 0.3 is 0 Å². The Bertz CT molecular complexity index is 491. The molecule has 0 spiro atoms. The standard InChI is InChI=1S/C14H15NO3/c1-10(16)11-3-8-14(15-9-11)18-13-6-4-12(17-2)5-7-13/h3-10,16H,1-2H3. The minimum atomic E-state index is -0.521. The number of nitrogens with zero attached hydrogens (tertiary/aromatic N) is 1. The van der Waals surface area contributed by atoms with Crippen LogP contribution in [0.25, 0.3) is 0 Å². The summed E-state index contributed by atoms with van der Waals surface area (Å²) in [4.78, 5) is 4.12. The van der Waals surface area contributed by atoms with Gasteiger partial charge in [0.25, 0.3) is 0 Å². The zero-order chi connectivity index (χ0) is 13.0. The van der Waals surface area contributed by atoms with E-state index < -0.39 is 6.10 Å². The fourth-order valence-corrected chi connectivity index (χ4v) is 1.46. The predicted octanol–water partition coefficient (Wildman–Crippen LogP) is 2.94. The number of hydrogen-bond acceptors (Lipinski definition) is 4. The van der Waals surface area contributed by atoms with E-state index in [0.29, 0.717) is 11.6 Å². The van der Waals surface area contributed by atoms with Crippen LogP contribution in [0.5, 0.6) is 17.4 Å². The third-order valence-corrected chi connectivity index (χ3v) is 2.52. The fourth-order valence-electron chi connectivity index (χ4n) is 1.46. The summed E-state index contributed by atoms with van der Waals surface area (Å²) >= 11 is 0. The maximum absolute atomic E-state index is 9.37. The lowest BCUT2D eigenvalue weighted by Gasteiger charge is -2.07. The molecule has 1 unspecified atom stereocenters. The lowest BCUT2D eigenvalue weighted by atomic mass is 10.2. The first-order chi connectivity index (χ1) is 8.69. The van der Waals surface area contributed by atoms with Gasteiger partial charge in [-0.05, 0) is 42.8 Å². The highest BCUT2D eigenvalue weighted by Gasteiger charge is 2.03. The highest BCUT2D eigenvalue weighted by atomic mass is 16.5. The van der Waals surface area contributed by atoms with Crippen LogP contribution >= 0.6 is 0 Å². The number of methoxy groups -OCH3 is 1. The van der Waals surface area contributed by atoms with E-state index in [1.165, 1.54) is 0 Å². The number of ether oxygens (including phenoxy) is 2. The molecule has 2 rings (SSSR count). The lowest BCUT2D eigenvalue weighted by Crippen LogP contribution is -1.93. The van der Waals surface area contributed by atoms with Crippen LogP contribution in [0.3, 0.4) is 0 Å². The summed E-state index contributed by atoms with van der Waals surface area (Å²) in [6.07, 6.45) is 1.08. The van der Waals surface area contributed by atoms with Crippen LogP contribution < -0.4 is 9.47 Å². The van der Waals surface area contributed by atoms with Gasteiger partial charge in [0.1, 0.15) is 11.5 Å². The summed E-state index contributed by atoms with van der Waals surface area (Å²) < 4.78 is 10.6. The minimum Gasteiger partial charge on any atom is -0.497 e. The van der Waals surface area contributed by atoms with Crippen molar-refractivity contribution < 1.29 is 14.6 Å². The van der Waals surface area contributed by atoms with E-state index >= 15 is 0 Å². The summed E-state index contributed by atoms with van der Waals surface area (Å²) in [5, 5.41) is 9.37. The molecule has 0 aliphatic rings. The van der Waals surface area contributed by atoms with Crippen molar-refractivity contribution in [3.8, 4) is 17.4 Å². The van der Waals surface area contributed by atoms with Gasteiger partial charge in [-0.25, -0.2) is 4.98 Å². The topological polar surface area (TPSA) is 51.6 Å². The van der Waals surface area contributed by atoms with Gasteiger partial charge in [-0.15, -0.1) is 0 Å². The largest absolute Gasteiger partial charge is 0.497 e. The van der Waals surface area contributed by atoms with Crippen molar-refractivity contribution in [3.63, 3.8) is 0 Å².